The largest absolute Gasteiger partial charge is 0.496 e. The minimum atomic E-state index is -0.358. The van der Waals surface area contributed by atoms with Gasteiger partial charge in [0.05, 0.1) is 12.7 Å². The average molecular weight is 323 g/mol. The minimum absolute atomic E-state index is 0.358. The molecule has 1 heterocycles. The first kappa shape index (κ1) is 16.1. The van der Waals surface area contributed by atoms with Gasteiger partial charge in [-0.1, -0.05) is 18.2 Å². The predicted octanol–water partition coefficient (Wildman–Crippen LogP) is 4.31. The minimum Gasteiger partial charge on any atom is -0.496 e. The molecule has 0 radical (unpaired) electrons. The van der Waals surface area contributed by atoms with Crippen molar-refractivity contribution >= 4 is 16.7 Å². The number of para-hydroxylation sites is 1. The number of rotatable bonds is 5. The van der Waals surface area contributed by atoms with E-state index in [2.05, 4.69) is 24.8 Å². The quantitative estimate of drug-likeness (QED) is 0.656. The van der Waals surface area contributed by atoms with Gasteiger partial charge in [0.2, 0.25) is 0 Å². The van der Waals surface area contributed by atoms with Gasteiger partial charge in [0.1, 0.15) is 11.3 Å². The summed E-state index contributed by atoms with van der Waals surface area (Å²) in [5, 5.41) is 0.895. The smallest absolute Gasteiger partial charge is 0.344 e. The lowest BCUT2D eigenvalue weighted by Crippen LogP contribution is -2.21. The fraction of sp³-hybridized carbons (Fsp3) is 0.250. The van der Waals surface area contributed by atoms with Crippen molar-refractivity contribution in [3.8, 4) is 16.9 Å². The van der Waals surface area contributed by atoms with Crippen LogP contribution in [0.2, 0.25) is 0 Å². The highest BCUT2D eigenvalue weighted by molar-refractivity contribution is 5.85. The summed E-state index contributed by atoms with van der Waals surface area (Å²) < 4.78 is 10.9. The van der Waals surface area contributed by atoms with Crippen molar-refractivity contribution in [2.24, 2.45) is 0 Å². The summed E-state index contributed by atoms with van der Waals surface area (Å²) in [5.41, 5.74) is 2.55. The van der Waals surface area contributed by atoms with Gasteiger partial charge in [-0.3, -0.25) is 0 Å². The Morgan fingerprint density at radius 3 is 2.46 bits per heavy atom. The lowest BCUT2D eigenvalue weighted by atomic mass is 10.0. The van der Waals surface area contributed by atoms with Crippen molar-refractivity contribution in [2.45, 2.75) is 13.8 Å². The van der Waals surface area contributed by atoms with Crippen LogP contribution in [0.15, 0.2) is 57.7 Å². The molecular weight excluding hydrogens is 302 g/mol. The van der Waals surface area contributed by atoms with E-state index in [1.807, 2.05) is 42.5 Å². The van der Waals surface area contributed by atoms with Crippen LogP contribution in [-0.4, -0.2) is 20.2 Å². The second-order valence-corrected chi connectivity index (χ2v) is 5.54. The van der Waals surface area contributed by atoms with E-state index >= 15 is 0 Å². The van der Waals surface area contributed by atoms with Crippen molar-refractivity contribution in [3.63, 3.8) is 0 Å². The number of methoxy groups -OCH3 is 1. The van der Waals surface area contributed by atoms with E-state index < -0.39 is 0 Å². The fourth-order valence-corrected chi connectivity index (χ4v) is 2.94. The number of anilines is 1. The van der Waals surface area contributed by atoms with Crippen LogP contribution in [0.1, 0.15) is 13.8 Å². The van der Waals surface area contributed by atoms with E-state index in [0.29, 0.717) is 16.9 Å². The van der Waals surface area contributed by atoms with Crippen LogP contribution >= 0.6 is 0 Å². The topological polar surface area (TPSA) is 42.7 Å². The number of ether oxygens (including phenoxy) is 1. The molecule has 124 valence electrons. The van der Waals surface area contributed by atoms with Crippen LogP contribution in [0.25, 0.3) is 22.1 Å². The molecule has 0 amide bonds. The van der Waals surface area contributed by atoms with Gasteiger partial charge in [0.25, 0.3) is 0 Å². The van der Waals surface area contributed by atoms with Crippen LogP contribution in [-0.2, 0) is 0 Å². The number of fused-ring (bicyclic) bond motifs is 1. The van der Waals surface area contributed by atoms with Crippen LogP contribution in [0.4, 0.5) is 5.69 Å². The Kier molecular flexibility index (Phi) is 4.56. The molecule has 0 fully saturated rings. The van der Waals surface area contributed by atoms with Crippen molar-refractivity contribution in [1.29, 1.82) is 0 Å². The van der Waals surface area contributed by atoms with Gasteiger partial charge in [-0.2, -0.15) is 0 Å². The van der Waals surface area contributed by atoms with Crippen LogP contribution in [0, 0.1) is 0 Å². The molecule has 0 saturated carbocycles. The fourth-order valence-electron chi connectivity index (χ4n) is 2.94. The van der Waals surface area contributed by atoms with E-state index in [1.165, 1.54) is 0 Å². The van der Waals surface area contributed by atoms with Gasteiger partial charge in [0, 0.05) is 35.8 Å². The molecule has 4 nitrogen and oxygen atoms in total. The molecule has 24 heavy (non-hydrogen) atoms. The summed E-state index contributed by atoms with van der Waals surface area (Å²) in [6.45, 7) is 6.03. The summed E-state index contributed by atoms with van der Waals surface area (Å²) in [5.74, 6) is 0.656. The molecule has 0 N–H and O–H groups in total. The maximum Gasteiger partial charge on any atom is 0.344 e. The standard InChI is InChI=1S/C20H21NO3/c1-4-21(5-2)15-11-10-14-12-17(20(22)24-19(14)13-15)16-8-6-7-9-18(16)23-3/h6-13H,4-5H2,1-3H3. The molecule has 0 saturated heterocycles. The van der Waals surface area contributed by atoms with Crippen LogP contribution in [0.5, 0.6) is 5.75 Å². The van der Waals surface area contributed by atoms with E-state index in [9.17, 15) is 4.79 Å². The Bertz CT molecular complexity index is 910. The zero-order valence-corrected chi connectivity index (χ0v) is 14.2. The Hall–Kier alpha value is -2.75. The summed E-state index contributed by atoms with van der Waals surface area (Å²) >= 11 is 0. The van der Waals surface area contributed by atoms with Gasteiger partial charge >= 0.3 is 5.63 Å². The molecule has 0 atom stereocenters. The maximum absolute atomic E-state index is 12.5. The number of nitrogens with zero attached hydrogens (tertiary/aromatic N) is 1. The van der Waals surface area contributed by atoms with E-state index in [0.717, 1.165) is 29.7 Å². The molecular formula is C20H21NO3. The molecule has 0 aliphatic heterocycles. The average Bonchev–Trinajstić information content (AvgIpc) is 2.62. The third kappa shape index (κ3) is 2.87. The highest BCUT2D eigenvalue weighted by Gasteiger charge is 2.13. The highest BCUT2D eigenvalue weighted by atomic mass is 16.5. The number of benzene rings is 2. The molecule has 3 rings (SSSR count). The summed E-state index contributed by atoms with van der Waals surface area (Å²) in [6.07, 6.45) is 0. The molecule has 0 spiro atoms. The highest BCUT2D eigenvalue weighted by Crippen LogP contribution is 2.30. The molecule has 1 aromatic heterocycles. The lowest BCUT2D eigenvalue weighted by Gasteiger charge is -2.21. The number of hydrogen-bond donors (Lipinski definition) is 0. The van der Waals surface area contributed by atoms with Gasteiger partial charge < -0.3 is 14.1 Å². The Morgan fingerprint density at radius 2 is 1.75 bits per heavy atom. The summed E-state index contributed by atoms with van der Waals surface area (Å²) in [4.78, 5) is 14.7. The maximum atomic E-state index is 12.5. The lowest BCUT2D eigenvalue weighted by molar-refractivity contribution is 0.416. The van der Waals surface area contributed by atoms with E-state index in [1.54, 1.807) is 7.11 Å². The van der Waals surface area contributed by atoms with Gasteiger partial charge in [0.15, 0.2) is 0 Å². The monoisotopic (exact) mass is 323 g/mol. The second kappa shape index (κ2) is 6.79. The summed E-state index contributed by atoms with van der Waals surface area (Å²) in [7, 11) is 1.60. The Morgan fingerprint density at radius 1 is 1.00 bits per heavy atom. The zero-order valence-electron chi connectivity index (χ0n) is 14.2. The van der Waals surface area contributed by atoms with Gasteiger partial charge in [-0.15, -0.1) is 0 Å². The third-order valence-corrected chi connectivity index (χ3v) is 4.25. The van der Waals surface area contributed by atoms with E-state index in [-0.39, 0.29) is 5.63 Å². The van der Waals surface area contributed by atoms with Gasteiger partial charge in [-0.05, 0) is 38.1 Å². The SMILES string of the molecule is CCN(CC)c1ccc2cc(-c3ccccc3OC)c(=O)oc2c1. The first-order valence-electron chi connectivity index (χ1n) is 8.14. The second-order valence-electron chi connectivity index (χ2n) is 5.54. The van der Waals surface area contributed by atoms with Crippen LogP contribution in [0.3, 0.4) is 0 Å². The zero-order chi connectivity index (χ0) is 17.1. The normalized spacial score (nSPS) is 10.8. The molecule has 3 aromatic rings. The molecule has 0 unspecified atom stereocenters. The Labute approximate surface area is 141 Å². The molecule has 4 heteroatoms. The number of hydrogen-bond acceptors (Lipinski definition) is 4. The van der Waals surface area contributed by atoms with Crippen molar-refractivity contribution < 1.29 is 9.15 Å². The van der Waals surface area contributed by atoms with Crippen LogP contribution < -0.4 is 15.3 Å². The molecule has 2 aromatic carbocycles. The Balaban J connectivity index is 2.15. The molecule has 0 aliphatic rings. The van der Waals surface area contributed by atoms with Crippen molar-refractivity contribution in [3.05, 3.63) is 59.0 Å². The predicted molar refractivity (Wildman–Crippen MR) is 98.0 cm³/mol. The van der Waals surface area contributed by atoms with Crippen molar-refractivity contribution in [2.75, 3.05) is 25.1 Å². The molecule has 0 aliphatic carbocycles. The van der Waals surface area contributed by atoms with Crippen molar-refractivity contribution in [1.82, 2.24) is 0 Å². The first-order chi connectivity index (χ1) is 11.7. The molecule has 0 bridgehead atoms. The summed E-state index contributed by atoms with van der Waals surface area (Å²) in [6, 6.07) is 15.3. The first-order valence-corrected chi connectivity index (χ1v) is 8.14. The van der Waals surface area contributed by atoms with E-state index in [4.69, 9.17) is 9.15 Å². The third-order valence-electron chi connectivity index (χ3n) is 4.25. The van der Waals surface area contributed by atoms with Gasteiger partial charge in [-0.25, -0.2) is 4.79 Å².